The van der Waals surface area contributed by atoms with Crippen molar-refractivity contribution in [3.05, 3.63) is 182 Å². The van der Waals surface area contributed by atoms with Gasteiger partial charge in [-0.15, -0.1) is 0 Å². The number of benzene rings is 9. The second kappa shape index (κ2) is 17.1. The lowest BCUT2D eigenvalue weighted by Gasteiger charge is -2.20. The van der Waals surface area contributed by atoms with Crippen LogP contribution in [0.2, 0.25) is 78.6 Å². The second-order valence-corrected chi connectivity index (χ2v) is 45.9. The Balaban J connectivity index is 1.16. The topological polar surface area (TPSA) is 35.6 Å². The number of aromatic nitrogens is 4. The van der Waals surface area contributed by atoms with Crippen molar-refractivity contribution < 1.29 is 0 Å². The molecule has 4 heterocycles. The monoisotopic (exact) mass is 1050 g/mol. The van der Waals surface area contributed by atoms with Gasteiger partial charge in [-0.25, -0.2) is 9.97 Å². The van der Waals surface area contributed by atoms with E-state index in [1.54, 1.807) is 0 Å². The average molecular weight is 1050 g/mol. The van der Waals surface area contributed by atoms with Gasteiger partial charge < -0.3 is 9.13 Å². The first-order valence-electron chi connectivity index (χ1n) is 27.1. The van der Waals surface area contributed by atoms with Gasteiger partial charge in [0.05, 0.1) is 76.8 Å². The van der Waals surface area contributed by atoms with Crippen LogP contribution in [0.5, 0.6) is 0 Å². The summed E-state index contributed by atoms with van der Waals surface area (Å²) in [5, 5.41) is 18.1. The zero-order valence-corrected chi connectivity index (χ0v) is 50.1. The number of rotatable bonds is 8. The van der Waals surface area contributed by atoms with E-state index in [9.17, 15) is 0 Å². The summed E-state index contributed by atoms with van der Waals surface area (Å²) >= 11 is 0. The molecule has 9 aromatic carbocycles. The predicted octanol–water partition coefficient (Wildman–Crippen LogP) is 16.8. The van der Waals surface area contributed by atoms with Crippen molar-refractivity contribution in [2.75, 3.05) is 0 Å². The molecule has 0 aliphatic carbocycles. The molecule has 0 aliphatic heterocycles. The molecule has 0 saturated heterocycles. The van der Waals surface area contributed by atoms with Crippen LogP contribution >= 0.6 is 0 Å². The van der Waals surface area contributed by atoms with Crippen molar-refractivity contribution in [1.82, 2.24) is 19.1 Å². The van der Waals surface area contributed by atoms with E-state index in [4.69, 9.17) is 9.97 Å². The number of hydrogen-bond acceptors (Lipinski definition) is 2. The summed E-state index contributed by atoms with van der Waals surface area (Å²) in [4.78, 5) is 11.1. The minimum atomic E-state index is -1.62. The van der Waals surface area contributed by atoms with Crippen LogP contribution in [0.25, 0.3) is 121 Å². The summed E-state index contributed by atoms with van der Waals surface area (Å²) < 4.78 is 5.04. The molecule has 4 aromatic heterocycles. The van der Waals surface area contributed by atoms with Crippen LogP contribution in [0.3, 0.4) is 0 Å². The molecule has 8 heteroatoms. The van der Waals surface area contributed by atoms with Gasteiger partial charge in [-0.1, -0.05) is 209 Å². The third-order valence-corrected chi connectivity index (χ3v) is 24.5. The van der Waals surface area contributed by atoms with Gasteiger partial charge in [-0.05, 0) is 94.3 Å². The molecule has 0 N–H and O–H groups in total. The fraction of sp³-hybridized carbons (Fsp3) is 0.176. The fourth-order valence-corrected chi connectivity index (χ4v) is 16.6. The SMILES string of the molecule is C[Si](C)(C)c1ccc2c(c1)c1cc([Si](C)(C)C)ccc1n2-c1ccc2c(-c3ccc4ccccc4n3)c3cc(-n4c5ccc([Si](C)(C)C)cc5c5cc([Si](C)(C)C)ccc54)ccc3c(-c3ccc4ccccc4n3)c2c1. The van der Waals surface area contributed by atoms with Crippen molar-refractivity contribution in [2.45, 2.75) is 78.6 Å². The van der Waals surface area contributed by atoms with Gasteiger partial charge in [0.1, 0.15) is 0 Å². The summed E-state index contributed by atoms with van der Waals surface area (Å²) in [6.07, 6.45) is 0. The van der Waals surface area contributed by atoms with Gasteiger partial charge in [-0.2, -0.15) is 0 Å². The molecule has 0 fully saturated rings. The predicted molar refractivity (Wildman–Crippen MR) is 344 cm³/mol. The number of pyridine rings is 2. The van der Waals surface area contributed by atoms with Crippen LogP contribution < -0.4 is 20.7 Å². The van der Waals surface area contributed by atoms with Crippen molar-refractivity contribution in [2.24, 2.45) is 0 Å². The quantitative estimate of drug-likeness (QED) is 0.112. The van der Waals surface area contributed by atoms with Crippen LogP contribution in [0, 0.1) is 0 Å². The van der Waals surface area contributed by atoms with Crippen LogP contribution in [0.4, 0.5) is 0 Å². The number of fused-ring (bicyclic) bond motifs is 10. The van der Waals surface area contributed by atoms with E-state index in [1.807, 2.05) is 0 Å². The van der Waals surface area contributed by atoms with Crippen molar-refractivity contribution in [3.63, 3.8) is 0 Å². The summed E-state index contributed by atoms with van der Waals surface area (Å²) in [6, 6.07) is 69.6. The Hall–Kier alpha value is -7.21. The van der Waals surface area contributed by atoms with Crippen molar-refractivity contribution in [3.8, 4) is 33.9 Å². The Morgan fingerprint density at radius 2 is 0.592 bits per heavy atom. The zero-order valence-electron chi connectivity index (χ0n) is 46.1. The Labute approximate surface area is 450 Å². The standard InChI is InChI=1S/C68H66N4Si4/c1-73(2,3)47-25-33-63-53(39-47)54-40-48(74(4,5)6)26-34-64(54)71(63)45-23-29-51-57(37-45)67(61-31-21-43-17-13-15-19-59(43)69-61)52-30-24-46(38-58(52)68(51)62-32-22-44-18-14-16-20-60(44)70-62)72-65-35-27-49(75(7,8)9)41-55(65)56-42-50(76(10,11)12)28-36-66(56)72/h13-42H,1-12H3. The highest BCUT2D eigenvalue weighted by Gasteiger charge is 2.27. The van der Waals surface area contributed by atoms with Crippen LogP contribution in [-0.4, -0.2) is 51.4 Å². The zero-order chi connectivity index (χ0) is 52.8. The first-order valence-corrected chi connectivity index (χ1v) is 41.1. The minimum absolute atomic E-state index is 0.952. The Kier molecular flexibility index (Phi) is 10.9. The molecule has 374 valence electrons. The molecule has 13 aromatic rings. The molecule has 76 heavy (non-hydrogen) atoms. The van der Waals surface area contributed by atoms with Crippen molar-refractivity contribution in [1.29, 1.82) is 0 Å². The molecule has 0 amide bonds. The maximum Gasteiger partial charge on any atom is 0.0776 e. The number of nitrogens with zero attached hydrogens (tertiary/aromatic N) is 4. The minimum Gasteiger partial charge on any atom is -0.309 e. The van der Waals surface area contributed by atoms with Gasteiger partial charge in [0.15, 0.2) is 0 Å². The van der Waals surface area contributed by atoms with Crippen LogP contribution in [0.1, 0.15) is 0 Å². The van der Waals surface area contributed by atoms with E-state index in [0.29, 0.717) is 0 Å². The highest BCUT2D eigenvalue weighted by Crippen LogP contribution is 2.46. The van der Waals surface area contributed by atoms with E-state index < -0.39 is 32.3 Å². The molecule has 13 rings (SSSR count). The van der Waals surface area contributed by atoms with E-state index in [1.165, 1.54) is 64.4 Å². The van der Waals surface area contributed by atoms with Crippen molar-refractivity contribution >= 4 is 140 Å². The number of para-hydroxylation sites is 2. The maximum atomic E-state index is 5.54. The van der Waals surface area contributed by atoms with E-state index in [0.717, 1.165) is 77.2 Å². The lowest BCUT2D eigenvalue weighted by Crippen LogP contribution is -2.37. The third kappa shape index (κ3) is 7.94. The third-order valence-electron chi connectivity index (χ3n) is 16.3. The van der Waals surface area contributed by atoms with Gasteiger partial charge in [0.25, 0.3) is 0 Å². The summed E-state index contributed by atoms with van der Waals surface area (Å²) in [6.45, 7) is 29.5. The molecule has 0 radical (unpaired) electrons. The Morgan fingerprint density at radius 3 is 0.908 bits per heavy atom. The van der Waals surface area contributed by atoms with Gasteiger partial charge >= 0.3 is 0 Å². The summed E-state index contributed by atoms with van der Waals surface area (Å²) in [7, 11) is -6.48. The Bertz CT molecular complexity index is 4140. The molecule has 0 saturated carbocycles. The molecule has 0 aliphatic rings. The highest BCUT2D eigenvalue weighted by atomic mass is 28.3. The number of hydrogen-bond donors (Lipinski definition) is 0. The molecule has 0 bridgehead atoms. The largest absolute Gasteiger partial charge is 0.309 e. The first kappa shape index (κ1) is 48.4. The summed E-state index contributed by atoms with van der Waals surface area (Å²) in [5.74, 6) is 0. The lowest BCUT2D eigenvalue weighted by molar-refractivity contribution is 1.18. The normalized spacial score (nSPS) is 13.0. The van der Waals surface area contributed by atoms with Gasteiger partial charge in [-0.3, -0.25) is 0 Å². The maximum absolute atomic E-state index is 5.54. The molecular weight excluding hydrogens is 985 g/mol. The highest BCUT2D eigenvalue weighted by molar-refractivity contribution is 6.90. The van der Waals surface area contributed by atoms with E-state index in [2.05, 4.69) is 270 Å². The Morgan fingerprint density at radius 1 is 0.276 bits per heavy atom. The lowest BCUT2D eigenvalue weighted by atomic mass is 9.87. The summed E-state index contributed by atoms with van der Waals surface area (Å²) in [5.41, 5.74) is 13.3. The second-order valence-electron chi connectivity index (χ2n) is 25.6. The van der Waals surface area contributed by atoms with E-state index >= 15 is 0 Å². The van der Waals surface area contributed by atoms with Crippen LogP contribution in [-0.2, 0) is 0 Å². The fourth-order valence-electron chi connectivity index (χ4n) is 11.9. The molecule has 4 nitrogen and oxygen atoms in total. The average Bonchev–Trinajstić information content (AvgIpc) is 3.97. The van der Waals surface area contributed by atoms with E-state index in [-0.39, 0.29) is 0 Å². The smallest absolute Gasteiger partial charge is 0.0776 e. The first-order chi connectivity index (χ1) is 36.2. The van der Waals surface area contributed by atoms with Gasteiger partial charge in [0, 0.05) is 54.8 Å². The molecule has 0 atom stereocenters. The van der Waals surface area contributed by atoms with Gasteiger partial charge in [0.2, 0.25) is 0 Å². The molecular formula is C68H66N4Si4. The van der Waals surface area contributed by atoms with Crippen LogP contribution in [0.15, 0.2) is 182 Å². The molecule has 0 unspecified atom stereocenters. The molecule has 0 spiro atoms.